The van der Waals surface area contributed by atoms with Gasteiger partial charge in [0.05, 0.1) is 5.60 Å². The Bertz CT molecular complexity index is 886. The van der Waals surface area contributed by atoms with Crippen molar-refractivity contribution in [3.8, 4) is 0 Å². The number of likely N-dealkylation sites (tertiary alicyclic amines) is 1. The third-order valence-electron chi connectivity index (χ3n) is 6.38. The molecule has 28 heavy (non-hydrogen) atoms. The van der Waals surface area contributed by atoms with Crippen LogP contribution in [-0.2, 0) is 15.1 Å². The number of hydrogen-bond donors (Lipinski definition) is 1. The van der Waals surface area contributed by atoms with Crippen LogP contribution >= 0.6 is 0 Å². The van der Waals surface area contributed by atoms with Crippen LogP contribution in [0.5, 0.6) is 0 Å². The fourth-order valence-corrected chi connectivity index (χ4v) is 4.87. The van der Waals surface area contributed by atoms with Crippen molar-refractivity contribution in [1.29, 1.82) is 0 Å². The third-order valence-corrected chi connectivity index (χ3v) is 6.38. The lowest BCUT2D eigenvalue weighted by Gasteiger charge is -2.40. The molecule has 1 atom stereocenters. The van der Waals surface area contributed by atoms with E-state index >= 15 is 0 Å². The molecule has 146 valence electrons. The van der Waals surface area contributed by atoms with Crippen LogP contribution < -0.4 is 10.6 Å². The second-order valence-electron chi connectivity index (χ2n) is 8.05. The number of nitrogens with two attached hydrogens (primary N) is 1. The fraction of sp³-hybridized carbons (Fsp3) is 0.455. The summed E-state index contributed by atoms with van der Waals surface area (Å²) in [4.78, 5) is 21.8. The van der Waals surface area contributed by atoms with E-state index in [9.17, 15) is 4.79 Å². The summed E-state index contributed by atoms with van der Waals surface area (Å²) in [5.41, 5.74) is 8.50. The molecule has 6 nitrogen and oxygen atoms in total. The van der Waals surface area contributed by atoms with Crippen LogP contribution in [0.1, 0.15) is 42.9 Å². The van der Waals surface area contributed by atoms with Gasteiger partial charge < -0.3 is 20.3 Å². The SMILES string of the molecule is Nc1ccnc(N2CCC3(CC2)OC(C(=O)N2CCCC2)c2ccccc23)c1. The van der Waals surface area contributed by atoms with Crippen molar-refractivity contribution in [2.24, 2.45) is 0 Å². The number of hydrogen-bond acceptors (Lipinski definition) is 5. The van der Waals surface area contributed by atoms with Gasteiger partial charge in [-0.15, -0.1) is 0 Å². The summed E-state index contributed by atoms with van der Waals surface area (Å²) in [6.07, 6.45) is 5.14. The second kappa shape index (κ2) is 6.78. The number of amides is 1. The number of nitrogens with zero attached hydrogens (tertiary/aromatic N) is 3. The Hall–Kier alpha value is -2.60. The molecule has 2 aromatic rings. The van der Waals surface area contributed by atoms with Crippen LogP contribution in [0.2, 0.25) is 0 Å². The maximum atomic E-state index is 13.1. The number of aromatic nitrogens is 1. The van der Waals surface area contributed by atoms with Gasteiger partial charge >= 0.3 is 0 Å². The topological polar surface area (TPSA) is 71.7 Å². The second-order valence-corrected chi connectivity index (χ2v) is 8.05. The lowest BCUT2D eigenvalue weighted by molar-refractivity contribution is -0.156. The first-order valence-corrected chi connectivity index (χ1v) is 10.2. The molecule has 0 bridgehead atoms. The van der Waals surface area contributed by atoms with E-state index in [0.717, 1.165) is 68.9 Å². The van der Waals surface area contributed by atoms with Crippen molar-refractivity contribution >= 4 is 17.4 Å². The van der Waals surface area contributed by atoms with Gasteiger partial charge in [0.1, 0.15) is 5.82 Å². The Morgan fingerprint density at radius 1 is 1.11 bits per heavy atom. The van der Waals surface area contributed by atoms with E-state index in [2.05, 4.69) is 28.1 Å². The Morgan fingerprint density at radius 3 is 2.61 bits per heavy atom. The largest absolute Gasteiger partial charge is 0.399 e. The van der Waals surface area contributed by atoms with E-state index < -0.39 is 6.10 Å². The zero-order chi connectivity index (χ0) is 19.1. The van der Waals surface area contributed by atoms with Crippen LogP contribution in [-0.4, -0.2) is 42.0 Å². The molecule has 2 saturated heterocycles. The molecule has 0 aliphatic carbocycles. The number of ether oxygens (including phenoxy) is 1. The van der Waals surface area contributed by atoms with Crippen LogP contribution in [0.3, 0.4) is 0 Å². The number of carbonyl (C=O) groups excluding carboxylic acids is 1. The first-order chi connectivity index (χ1) is 13.7. The van der Waals surface area contributed by atoms with Gasteiger partial charge in [0.15, 0.2) is 6.10 Å². The number of rotatable bonds is 2. The molecular formula is C22H26N4O2. The summed E-state index contributed by atoms with van der Waals surface area (Å²) in [6, 6.07) is 12.0. The molecule has 1 spiro atoms. The van der Waals surface area contributed by atoms with E-state index in [-0.39, 0.29) is 11.5 Å². The molecular weight excluding hydrogens is 352 g/mol. The highest BCUT2D eigenvalue weighted by Gasteiger charge is 2.49. The van der Waals surface area contributed by atoms with Gasteiger partial charge in [0.25, 0.3) is 5.91 Å². The predicted octanol–water partition coefficient (Wildman–Crippen LogP) is 2.85. The zero-order valence-corrected chi connectivity index (χ0v) is 16.0. The number of benzene rings is 1. The highest BCUT2D eigenvalue weighted by Crippen LogP contribution is 2.50. The fourth-order valence-electron chi connectivity index (χ4n) is 4.87. The van der Waals surface area contributed by atoms with E-state index in [1.165, 1.54) is 5.56 Å². The molecule has 2 fully saturated rings. The summed E-state index contributed by atoms with van der Waals surface area (Å²) in [7, 11) is 0. The number of fused-ring (bicyclic) bond motifs is 2. The number of piperidine rings is 1. The zero-order valence-electron chi connectivity index (χ0n) is 16.0. The highest BCUT2D eigenvalue weighted by atomic mass is 16.5. The van der Waals surface area contributed by atoms with E-state index in [1.807, 2.05) is 17.0 Å². The number of carbonyl (C=O) groups is 1. The summed E-state index contributed by atoms with van der Waals surface area (Å²) in [5, 5.41) is 0. The normalized spacial score (nSPS) is 23.2. The van der Waals surface area contributed by atoms with E-state index in [0.29, 0.717) is 0 Å². The lowest BCUT2D eigenvalue weighted by atomic mass is 9.83. The lowest BCUT2D eigenvalue weighted by Crippen LogP contribution is -2.43. The maximum absolute atomic E-state index is 13.1. The highest BCUT2D eigenvalue weighted by molar-refractivity contribution is 5.84. The average Bonchev–Trinajstić information content (AvgIpc) is 3.36. The minimum absolute atomic E-state index is 0.127. The van der Waals surface area contributed by atoms with Gasteiger partial charge in [-0.25, -0.2) is 4.98 Å². The van der Waals surface area contributed by atoms with Crippen LogP contribution in [0.15, 0.2) is 42.6 Å². The molecule has 1 aromatic carbocycles. The number of nitrogen functional groups attached to an aromatic ring is 1. The molecule has 2 N–H and O–H groups in total. The Balaban J connectivity index is 1.39. The van der Waals surface area contributed by atoms with Crippen molar-refractivity contribution in [1.82, 2.24) is 9.88 Å². The molecule has 3 aliphatic rings. The summed E-state index contributed by atoms with van der Waals surface area (Å²) < 4.78 is 6.58. The van der Waals surface area contributed by atoms with Crippen molar-refractivity contribution in [2.45, 2.75) is 37.4 Å². The van der Waals surface area contributed by atoms with Gasteiger partial charge in [0.2, 0.25) is 0 Å². The minimum Gasteiger partial charge on any atom is -0.399 e. The Morgan fingerprint density at radius 2 is 1.86 bits per heavy atom. The van der Waals surface area contributed by atoms with Crippen LogP contribution in [0.4, 0.5) is 11.5 Å². The van der Waals surface area contributed by atoms with Gasteiger partial charge in [-0.3, -0.25) is 4.79 Å². The molecule has 1 unspecified atom stereocenters. The van der Waals surface area contributed by atoms with Gasteiger partial charge in [-0.05, 0) is 42.9 Å². The molecule has 4 heterocycles. The number of pyridine rings is 1. The molecule has 3 aliphatic heterocycles. The quantitative estimate of drug-likeness (QED) is 0.870. The molecule has 1 amide bonds. The van der Waals surface area contributed by atoms with E-state index in [1.54, 1.807) is 12.3 Å². The Kier molecular flexibility index (Phi) is 4.23. The van der Waals surface area contributed by atoms with Crippen LogP contribution in [0.25, 0.3) is 0 Å². The molecule has 0 saturated carbocycles. The average molecular weight is 378 g/mol. The van der Waals surface area contributed by atoms with Crippen molar-refractivity contribution in [3.05, 3.63) is 53.7 Å². The Labute approximate surface area is 165 Å². The predicted molar refractivity (Wildman–Crippen MR) is 108 cm³/mol. The maximum Gasteiger partial charge on any atom is 0.256 e. The molecule has 0 radical (unpaired) electrons. The van der Waals surface area contributed by atoms with Gasteiger partial charge in [-0.2, -0.15) is 0 Å². The standard InChI is InChI=1S/C22H26N4O2/c23-16-7-10-24-19(15-16)25-13-8-22(9-14-25)18-6-2-1-5-17(18)20(28-22)21(27)26-11-3-4-12-26/h1-2,5-7,10,15,20H,3-4,8-9,11-14H2,(H2,23,24). The summed E-state index contributed by atoms with van der Waals surface area (Å²) >= 11 is 0. The van der Waals surface area contributed by atoms with Crippen molar-refractivity contribution < 1.29 is 9.53 Å². The molecule has 5 rings (SSSR count). The minimum atomic E-state index is -0.466. The third kappa shape index (κ3) is 2.83. The smallest absolute Gasteiger partial charge is 0.256 e. The first kappa shape index (κ1) is 17.5. The van der Waals surface area contributed by atoms with Crippen molar-refractivity contribution in [3.63, 3.8) is 0 Å². The number of anilines is 2. The molecule has 1 aromatic heterocycles. The van der Waals surface area contributed by atoms with Gasteiger partial charge in [0, 0.05) is 44.1 Å². The summed E-state index contributed by atoms with van der Waals surface area (Å²) in [5.74, 6) is 1.03. The summed E-state index contributed by atoms with van der Waals surface area (Å²) in [6.45, 7) is 3.36. The van der Waals surface area contributed by atoms with Crippen molar-refractivity contribution in [2.75, 3.05) is 36.8 Å². The molecule has 6 heteroatoms. The van der Waals surface area contributed by atoms with Gasteiger partial charge in [-0.1, -0.05) is 24.3 Å². The first-order valence-electron chi connectivity index (χ1n) is 10.2. The van der Waals surface area contributed by atoms with E-state index in [4.69, 9.17) is 10.5 Å². The monoisotopic (exact) mass is 378 g/mol. The van der Waals surface area contributed by atoms with Crippen LogP contribution in [0, 0.1) is 0 Å².